The number of aliphatic hydroxyl groups is 1. The molecule has 0 aromatic rings. The summed E-state index contributed by atoms with van der Waals surface area (Å²) in [6.07, 6.45) is 7.21. The molecule has 0 amide bonds. The monoisotopic (exact) mass is 331 g/mol. The van der Waals surface area contributed by atoms with E-state index in [0.717, 1.165) is 38.5 Å². The fourth-order valence-corrected chi connectivity index (χ4v) is 6.96. The molecule has 8 atom stereocenters. The zero-order chi connectivity index (χ0) is 17.1. The molecular weight excluding hydrogens is 302 g/mol. The molecular formula is C20H29NO3. The molecule has 4 aliphatic rings. The number of nitrogens with zero attached hydrogens (tertiary/aromatic N) is 1. The molecule has 1 heterocycles. The summed E-state index contributed by atoms with van der Waals surface area (Å²) >= 11 is 0. The van der Waals surface area contributed by atoms with Crippen LogP contribution in [0.25, 0.3) is 0 Å². The van der Waals surface area contributed by atoms with E-state index in [4.69, 9.17) is 4.74 Å². The third kappa shape index (κ3) is 2.10. The maximum atomic E-state index is 11.9. The van der Waals surface area contributed by atoms with E-state index in [-0.39, 0.29) is 17.5 Å². The molecule has 1 N–H and O–H groups in total. The Balaban J connectivity index is 1.66. The highest BCUT2D eigenvalue weighted by Gasteiger charge is 2.64. The molecule has 3 saturated carbocycles. The van der Waals surface area contributed by atoms with E-state index >= 15 is 0 Å². The van der Waals surface area contributed by atoms with Crippen molar-refractivity contribution in [2.24, 2.45) is 35.0 Å². The first-order valence-electron chi connectivity index (χ1n) is 9.73. The molecule has 4 heteroatoms. The quantitative estimate of drug-likeness (QED) is 0.545. The Hall–Kier alpha value is -1.08. The predicted octanol–water partition coefficient (Wildman–Crippen LogP) is 3.44. The molecule has 0 aromatic heterocycles. The van der Waals surface area contributed by atoms with E-state index in [2.05, 4.69) is 19.9 Å². The number of ether oxygens (including phenoxy) is 1. The largest absolute Gasteiger partial charge is 0.462 e. The van der Waals surface area contributed by atoms with Crippen LogP contribution in [0.15, 0.2) is 0 Å². The molecule has 4 rings (SSSR count). The number of nitriles is 1. The molecule has 4 nitrogen and oxygen atoms in total. The minimum atomic E-state index is -1.16. The lowest BCUT2D eigenvalue weighted by molar-refractivity contribution is -0.165. The highest BCUT2D eigenvalue weighted by atomic mass is 16.5. The van der Waals surface area contributed by atoms with Crippen LogP contribution in [0.5, 0.6) is 0 Å². The smallest absolute Gasteiger partial charge is 0.306 e. The summed E-state index contributed by atoms with van der Waals surface area (Å²) in [6, 6.07) is 2.25. The van der Waals surface area contributed by atoms with Gasteiger partial charge in [0.1, 0.15) is 6.10 Å². The predicted molar refractivity (Wildman–Crippen MR) is 88.6 cm³/mol. The van der Waals surface area contributed by atoms with Crippen LogP contribution in [0.2, 0.25) is 0 Å². The summed E-state index contributed by atoms with van der Waals surface area (Å²) in [7, 11) is 0. The maximum absolute atomic E-state index is 11.9. The highest BCUT2D eigenvalue weighted by molar-refractivity contribution is 5.69. The van der Waals surface area contributed by atoms with Crippen LogP contribution in [0.4, 0.5) is 0 Å². The van der Waals surface area contributed by atoms with Gasteiger partial charge in [-0.2, -0.15) is 5.26 Å². The zero-order valence-corrected chi connectivity index (χ0v) is 14.8. The second kappa shape index (κ2) is 5.46. The molecule has 0 aromatic carbocycles. The van der Waals surface area contributed by atoms with Crippen LogP contribution in [0.1, 0.15) is 65.2 Å². The number of esters is 1. The molecule has 1 aliphatic heterocycles. The van der Waals surface area contributed by atoms with E-state index in [1.165, 1.54) is 0 Å². The molecule has 24 heavy (non-hydrogen) atoms. The lowest BCUT2D eigenvalue weighted by atomic mass is 9.49. The molecule has 0 radical (unpaired) electrons. The number of carbonyl (C=O) groups excluding carboxylic acids is 1. The molecule has 3 aliphatic carbocycles. The van der Waals surface area contributed by atoms with Crippen molar-refractivity contribution in [3.05, 3.63) is 0 Å². The van der Waals surface area contributed by atoms with Crippen molar-refractivity contribution in [1.29, 1.82) is 5.26 Å². The Labute approximate surface area is 144 Å². The van der Waals surface area contributed by atoms with Crippen LogP contribution in [0.3, 0.4) is 0 Å². The van der Waals surface area contributed by atoms with E-state index < -0.39 is 5.60 Å². The first kappa shape index (κ1) is 16.4. The maximum Gasteiger partial charge on any atom is 0.306 e. The van der Waals surface area contributed by atoms with Crippen LogP contribution in [-0.4, -0.2) is 22.8 Å². The van der Waals surface area contributed by atoms with E-state index in [1.807, 2.05) is 0 Å². The van der Waals surface area contributed by atoms with Crippen molar-refractivity contribution in [1.82, 2.24) is 0 Å². The summed E-state index contributed by atoms with van der Waals surface area (Å²) in [6.45, 7) is 4.44. The fraction of sp³-hybridized carbons (Fsp3) is 0.900. The van der Waals surface area contributed by atoms with Crippen molar-refractivity contribution in [3.8, 4) is 6.07 Å². The lowest BCUT2D eigenvalue weighted by Gasteiger charge is -2.56. The number of rotatable bonds is 0. The number of carbonyl (C=O) groups is 1. The Morgan fingerprint density at radius 2 is 2.04 bits per heavy atom. The molecule has 0 spiro atoms. The average molecular weight is 331 g/mol. The Morgan fingerprint density at radius 1 is 1.25 bits per heavy atom. The second-order valence-electron chi connectivity index (χ2n) is 9.11. The van der Waals surface area contributed by atoms with Crippen LogP contribution >= 0.6 is 0 Å². The number of hydrogen-bond acceptors (Lipinski definition) is 4. The van der Waals surface area contributed by atoms with Crippen LogP contribution in [-0.2, 0) is 9.53 Å². The molecule has 0 bridgehead atoms. The number of fused-ring (bicyclic) bond motifs is 5. The Morgan fingerprint density at radius 3 is 2.79 bits per heavy atom. The minimum Gasteiger partial charge on any atom is -0.462 e. The summed E-state index contributed by atoms with van der Waals surface area (Å²) in [4.78, 5) is 11.9. The summed E-state index contributed by atoms with van der Waals surface area (Å²) in [5, 5.41) is 20.5. The highest BCUT2D eigenvalue weighted by Crippen LogP contribution is 2.65. The van der Waals surface area contributed by atoms with Gasteiger partial charge in [0, 0.05) is 11.8 Å². The third-order valence-electron chi connectivity index (χ3n) is 8.21. The van der Waals surface area contributed by atoms with Crippen molar-refractivity contribution in [2.45, 2.75) is 76.9 Å². The van der Waals surface area contributed by atoms with Gasteiger partial charge in [0.2, 0.25) is 0 Å². The standard InChI is InChI=1S/C20H29NO3/c1-12-10-16-13(4-3-5-17(22)24-16)14-6-8-19(2)15(18(12)14)7-9-20(19,23)11-21/h12-16,18,23H,3-10H2,1-2H3/t12-,13-,14-,15+,16?,18-,19+,20-/m1/s1. The minimum absolute atomic E-state index is 0.0199. The molecule has 1 saturated heterocycles. The summed E-state index contributed by atoms with van der Waals surface area (Å²) < 4.78 is 5.79. The summed E-state index contributed by atoms with van der Waals surface area (Å²) in [5.41, 5.74) is -1.43. The van der Waals surface area contributed by atoms with Crippen LogP contribution < -0.4 is 0 Å². The Kier molecular flexibility index (Phi) is 3.73. The van der Waals surface area contributed by atoms with Gasteiger partial charge in [-0.25, -0.2) is 0 Å². The van der Waals surface area contributed by atoms with Gasteiger partial charge < -0.3 is 9.84 Å². The van der Waals surface area contributed by atoms with Gasteiger partial charge in [0.25, 0.3) is 0 Å². The van der Waals surface area contributed by atoms with Crippen LogP contribution in [0, 0.1) is 46.3 Å². The Bertz CT molecular complexity index is 584. The molecule has 1 unspecified atom stereocenters. The van der Waals surface area contributed by atoms with Crippen molar-refractivity contribution in [3.63, 3.8) is 0 Å². The normalized spacial score (nSPS) is 53.8. The lowest BCUT2D eigenvalue weighted by Crippen LogP contribution is -2.55. The zero-order valence-electron chi connectivity index (χ0n) is 14.8. The van der Waals surface area contributed by atoms with E-state index in [0.29, 0.717) is 42.4 Å². The van der Waals surface area contributed by atoms with E-state index in [1.54, 1.807) is 0 Å². The fourth-order valence-electron chi connectivity index (χ4n) is 6.96. The number of hydrogen-bond donors (Lipinski definition) is 1. The second-order valence-corrected chi connectivity index (χ2v) is 9.11. The summed E-state index contributed by atoms with van der Waals surface area (Å²) in [5.74, 6) is 2.53. The first-order valence-corrected chi connectivity index (χ1v) is 9.73. The van der Waals surface area contributed by atoms with E-state index in [9.17, 15) is 15.2 Å². The van der Waals surface area contributed by atoms with Crippen molar-refractivity contribution in [2.75, 3.05) is 0 Å². The van der Waals surface area contributed by atoms with Crippen molar-refractivity contribution < 1.29 is 14.6 Å². The third-order valence-corrected chi connectivity index (χ3v) is 8.21. The molecule has 132 valence electrons. The van der Waals surface area contributed by atoms with Crippen molar-refractivity contribution >= 4 is 5.97 Å². The van der Waals surface area contributed by atoms with Gasteiger partial charge in [0.15, 0.2) is 5.60 Å². The topological polar surface area (TPSA) is 70.3 Å². The average Bonchev–Trinajstić information content (AvgIpc) is 2.69. The van der Waals surface area contributed by atoms with Gasteiger partial charge in [-0.15, -0.1) is 0 Å². The molecule has 4 fully saturated rings. The van der Waals surface area contributed by atoms with Gasteiger partial charge in [-0.05, 0) is 74.5 Å². The van der Waals surface area contributed by atoms with Gasteiger partial charge in [-0.3, -0.25) is 4.79 Å². The van der Waals surface area contributed by atoms with Gasteiger partial charge in [0.05, 0.1) is 6.07 Å². The first-order chi connectivity index (χ1) is 11.4. The van der Waals surface area contributed by atoms with Gasteiger partial charge in [-0.1, -0.05) is 13.8 Å². The van der Waals surface area contributed by atoms with Gasteiger partial charge >= 0.3 is 5.97 Å². The SMILES string of the molecule is C[C@@H]1CC2OC(=O)CCC[C@@H]2[C@H]2CC[C@@]3(C)[C@@H](CC[C@@]3(O)C#N)[C@@H]21.